The topological polar surface area (TPSA) is 141 Å². The molecule has 250 valence electrons. The van der Waals surface area contributed by atoms with Crippen LogP contribution in [0.15, 0.2) is 65.5 Å². The number of nitrogens with zero attached hydrogens (tertiary/aromatic N) is 3. The summed E-state index contributed by atoms with van der Waals surface area (Å²) in [4.78, 5) is 54.1. The molecule has 1 fully saturated rings. The highest BCUT2D eigenvalue weighted by Crippen LogP contribution is 2.29. The molecule has 2 aliphatic rings. The summed E-state index contributed by atoms with van der Waals surface area (Å²) < 4.78 is 33.3. The molecule has 0 radical (unpaired) electrons. The Kier molecular flexibility index (Phi) is 9.55. The standard InChI is InChI=1S/C35H36FN5O7/c1-21-26-5-3-4-6-27(26)35(45)41(39-21)19-34(44)40-12-11-29-28(18-40)38-33(43)20-47-31-15-22(7-9-30(31)46-2)8-10-32(42)37-17-23-13-24(36)16-25(14-23)48-29/h3-7,9,13-16,28-29H,8,10-12,17-20H2,1-2H3,(H,37,42)(H,38,43)/t28-,29-/m1/s1. The Bertz CT molecular complexity index is 1930. The maximum absolute atomic E-state index is 14.7. The van der Waals surface area contributed by atoms with Crippen molar-refractivity contribution >= 4 is 28.5 Å². The Morgan fingerprint density at radius 2 is 1.83 bits per heavy atom. The minimum absolute atomic E-state index is 0.0631. The van der Waals surface area contributed by atoms with E-state index >= 15 is 0 Å². The van der Waals surface area contributed by atoms with Crippen molar-refractivity contribution in [2.45, 2.75) is 51.4 Å². The van der Waals surface area contributed by atoms with Crippen molar-refractivity contribution in [2.24, 2.45) is 0 Å². The van der Waals surface area contributed by atoms with Crippen LogP contribution in [-0.4, -0.2) is 71.4 Å². The van der Waals surface area contributed by atoms with Crippen molar-refractivity contribution in [3.05, 3.63) is 93.7 Å². The number of benzene rings is 3. The molecule has 1 saturated heterocycles. The van der Waals surface area contributed by atoms with E-state index in [0.29, 0.717) is 41.0 Å². The van der Waals surface area contributed by atoms with Gasteiger partial charge in [-0.3, -0.25) is 19.2 Å². The number of nitrogens with one attached hydrogen (secondary N) is 2. The average molecular weight is 658 g/mol. The van der Waals surface area contributed by atoms with E-state index in [1.54, 1.807) is 42.2 Å². The number of carbonyl (C=O) groups is 3. The molecule has 2 aliphatic heterocycles. The number of methoxy groups -OCH3 is 1. The van der Waals surface area contributed by atoms with Gasteiger partial charge in [0.15, 0.2) is 18.1 Å². The third-order valence-corrected chi connectivity index (χ3v) is 8.52. The highest BCUT2D eigenvalue weighted by molar-refractivity contribution is 5.84. The van der Waals surface area contributed by atoms with E-state index < -0.39 is 23.9 Å². The summed E-state index contributed by atoms with van der Waals surface area (Å²) in [5, 5.41) is 11.3. The fraction of sp³-hybridized carbons (Fsp3) is 0.343. The van der Waals surface area contributed by atoms with Crippen LogP contribution in [0.4, 0.5) is 4.39 Å². The van der Waals surface area contributed by atoms with Gasteiger partial charge in [-0.05, 0) is 54.8 Å². The first-order valence-corrected chi connectivity index (χ1v) is 15.7. The molecule has 12 nitrogen and oxygen atoms in total. The average Bonchev–Trinajstić information content (AvgIpc) is 3.08. The zero-order valence-electron chi connectivity index (χ0n) is 26.7. The number of hydrogen-bond acceptors (Lipinski definition) is 8. The summed E-state index contributed by atoms with van der Waals surface area (Å²) in [7, 11) is 1.49. The highest BCUT2D eigenvalue weighted by atomic mass is 19.1. The molecule has 3 aromatic carbocycles. The lowest BCUT2D eigenvalue weighted by molar-refractivity contribution is -0.136. The highest BCUT2D eigenvalue weighted by Gasteiger charge is 2.35. The van der Waals surface area contributed by atoms with Gasteiger partial charge in [-0.15, -0.1) is 0 Å². The van der Waals surface area contributed by atoms with Gasteiger partial charge in [0, 0.05) is 43.9 Å². The molecule has 4 aromatic rings. The van der Waals surface area contributed by atoms with E-state index in [9.17, 15) is 23.6 Å². The Morgan fingerprint density at radius 1 is 1.02 bits per heavy atom. The lowest BCUT2D eigenvalue weighted by atomic mass is 10.0. The molecule has 2 N–H and O–H groups in total. The number of carbonyl (C=O) groups excluding carboxylic acids is 3. The lowest BCUT2D eigenvalue weighted by Crippen LogP contribution is -2.59. The van der Waals surface area contributed by atoms with E-state index in [4.69, 9.17) is 14.2 Å². The number of likely N-dealkylation sites (tertiary alicyclic amines) is 1. The summed E-state index contributed by atoms with van der Waals surface area (Å²) in [5.74, 6) is -0.589. The molecule has 0 unspecified atom stereocenters. The normalized spacial score (nSPS) is 18.7. The molecule has 0 saturated carbocycles. The molecule has 0 spiro atoms. The number of piperidine rings is 1. The van der Waals surface area contributed by atoms with E-state index in [1.165, 1.54) is 19.2 Å². The maximum atomic E-state index is 14.7. The van der Waals surface area contributed by atoms with Gasteiger partial charge in [-0.1, -0.05) is 24.3 Å². The zero-order chi connectivity index (χ0) is 33.8. The van der Waals surface area contributed by atoms with Crippen LogP contribution >= 0.6 is 0 Å². The van der Waals surface area contributed by atoms with Crippen LogP contribution in [0.5, 0.6) is 17.2 Å². The van der Waals surface area contributed by atoms with Crippen LogP contribution in [0.1, 0.15) is 29.7 Å². The first kappa shape index (κ1) is 32.5. The Balaban J connectivity index is 1.25. The first-order chi connectivity index (χ1) is 23.2. The number of rotatable bonds is 3. The number of aromatic nitrogens is 2. The van der Waals surface area contributed by atoms with Crippen LogP contribution < -0.4 is 30.4 Å². The second-order valence-corrected chi connectivity index (χ2v) is 11.9. The predicted molar refractivity (Wildman–Crippen MR) is 173 cm³/mol. The minimum atomic E-state index is -0.708. The van der Waals surface area contributed by atoms with Gasteiger partial charge < -0.3 is 29.7 Å². The largest absolute Gasteiger partial charge is 0.493 e. The summed E-state index contributed by atoms with van der Waals surface area (Å²) in [5.41, 5.74) is 1.57. The van der Waals surface area contributed by atoms with Gasteiger partial charge in [-0.25, -0.2) is 9.07 Å². The predicted octanol–water partition coefficient (Wildman–Crippen LogP) is 2.66. The van der Waals surface area contributed by atoms with Gasteiger partial charge in [0.2, 0.25) is 11.8 Å². The first-order valence-electron chi connectivity index (χ1n) is 15.7. The molecule has 13 heteroatoms. The van der Waals surface area contributed by atoms with Gasteiger partial charge in [0.1, 0.15) is 24.2 Å². The van der Waals surface area contributed by atoms with Gasteiger partial charge in [-0.2, -0.15) is 5.10 Å². The van der Waals surface area contributed by atoms with Crippen LogP contribution in [0, 0.1) is 12.7 Å². The Labute approximate surface area is 275 Å². The summed E-state index contributed by atoms with van der Waals surface area (Å²) in [6.07, 6.45) is 0.261. The molecular formula is C35H36FN5O7. The van der Waals surface area contributed by atoms with Crippen molar-refractivity contribution in [3.8, 4) is 17.2 Å². The van der Waals surface area contributed by atoms with Crippen molar-refractivity contribution in [3.63, 3.8) is 0 Å². The van der Waals surface area contributed by atoms with Crippen LogP contribution in [0.25, 0.3) is 10.8 Å². The zero-order valence-corrected chi connectivity index (χ0v) is 26.7. The Hall–Kier alpha value is -5.46. The smallest absolute Gasteiger partial charge is 0.275 e. The van der Waals surface area contributed by atoms with Crippen molar-refractivity contribution < 1.29 is 33.0 Å². The van der Waals surface area contributed by atoms with Crippen molar-refractivity contribution in [1.82, 2.24) is 25.3 Å². The maximum Gasteiger partial charge on any atom is 0.275 e. The molecule has 2 atom stereocenters. The molecule has 0 aliphatic carbocycles. The fourth-order valence-corrected chi connectivity index (χ4v) is 6.07. The molecular weight excluding hydrogens is 621 g/mol. The monoisotopic (exact) mass is 657 g/mol. The van der Waals surface area contributed by atoms with E-state index in [-0.39, 0.29) is 62.3 Å². The lowest BCUT2D eigenvalue weighted by Gasteiger charge is -2.39. The van der Waals surface area contributed by atoms with Crippen LogP contribution in [-0.2, 0) is 33.9 Å². The van der Waals surface area contributed by atoms with Crippen LogP contribution in [0.3, 0.4) is 0 Å². The minimum Gasteiger partial charge on any atom is -0.493 e. The number of fused-ring (bicyclic) bond motifs is 6. The molecule has 3 heterocycles. The SMILES string of the molecule is COc1ccc2cc1OCC(=O)N[C@@H]1CN(C(=O)Cn3nc(C)c4ccccc4c3=O)CC[C@H]1Oc1cc(F)cc(c1)CNC(=O)CC2. The summed E-state index contributed by atoms with van der Waals surface area (Å²) in [6.45, 7) is 1.55. The number of hydrogen-bond donors (Lipinski definition) is 2. The third kappa shape index (κ3) is 7.40. The van der Waals surface area contributed by atoms with Crippen molar-refractivity contribution in [1.29, 1.82) is 0 Å². The number of aryl methyl sites for hydroxylation is 2. The second kappa shape index (κ2) is 14.1. The molecule has 3 amide bonds. The summed E-state index contributed by atoms with van der Waals surface area (Å²) in [6, 6.07) is 15.8. The summed E-state index contributed by atoms with van der Waals surface area (Å²) >= 11 is 0. The van der Waals surface area contributed by atoms with Gasteiger partial charge in [0.05, 0.1) is 24.2 Å². The van der Waals surface area contributed by atoms with E-state index in [2.05, 4.69) is 15.7 Å². The number of ether oxygens (including phenoxy) is 3. The van der Waals surface area contributed by atoms with E-state index in [0.717, 1.165) is 15.6 Å². The van der Waals surface area contributed by atoms with Crippen molar-refractivity contribution in [2.75, 3.05) is 26.8 Å². The molecule has 6 rings (SSSR count). The third-order valence-electron chi connectivity index (χ3n) is 8.52. The molecule has 48 heavy (non-hydrogen) atoms. The molecule has 4 bridgehead atoms. The van der Waals surface area contributed by atoms with E-state index in [1.807, 2.05) is 18.2 Å². The second-order valence-electron chi connectivity index (χ2n) is 11.9. The van der Waals surface area contributed by atoms with Gasteiger partial charge >= 0.3 is 0 Å². The fourth-order valence-electron chi connectivity index (χ4n) is 6.07. The Morgan fingerprint density at radius 3 is 2.65 bits per heavy atom. The number of amides is 3. The number of halogens is 1. The van der Waals surface area contributed by atoms with Crippen LogP contribution in [0.2, 0.25) is 0 Å². The molecule has 1 aromatic heterocycles. The quantitative estimate of drug-likeness (QED) is 0.343. The van der Waals surface area contributed by atoms with Gasteiger partial charge in [0.25, 0.3) is 11.5 Å².